The molecule has 0 unspecified atom stereocenters. The minimum Gasteiger partial charge on any atom is -0.493 e. The van der Waals surface area contributed by atoms with Crippen molar-refractivity contribution < 1.29 is 19.0 Å². The second kappa shape index (κ2) is 7.29. The Morgan fingerprint density at radius 3 is 2.04 bits per heavy atom. The van der Waals surface area contributed by atoms with Crippen LogP contribution < -0.4 is 19.5 Å². The number of hydrogen-bond acceptors (Lipinski definition) is 4. The zero-order valence-corrected chi connectivity index (χ0v) is 15.0. The van der Waals surface area contributed by atoms with Crippen molar-refractivity contribution in [2.75, 3.05) is 21.3 Å². The second-order valence-corrected chi connectivity index (χ2v) is 5.55. The summed E-state index contributed by atoms with van der Waals surface area (Å²) in [4.78, 5) is 12.5. The van der Waals surface area contributed by atoms with Crippen molar-refractivity contribution in [1.29, 1.82) is 0 Å². The monoisotopic (exact) mass is 332 g/mol. The van der Waals surface area contributed by atoms with Crippen molar-refractivity contribution in [2.45, 2.75) is 20.4 Å². The van der Waals surface area contributed by atoms with E-state index in [4.69, 9.17) is 14.2 Å². The highest BCUT2D eigenvalue weighted by Crippen LogP contribution is 2.38. The molecule has 24 heavy (non-hydrogen) atoms. The van der Waals surface area contributed by atoms with Gasteiger partial charge in [0.15, 0.2) is 11.5 Å². The van der Waals surface area contributed by atoms with Crippen LogP contribution in [0, 0.1) is 13.8 Å². The molecule has 0 atom stereocenters. The number of nitrogens with one attached hydrogen (secondary N) is 1. The zero-order valence-electron chi connectivity index (χ0n) is 15.0. The van der Waals surface area contributed by atoms with Crippen LogP contribution in [-0.4, -0.2) is 31.8 Å². The summed E-state index contributed by atoms with van der Waals surface area (Å²) in [6.45, 7) is 4.54. The third-order valence-electron chi connectivity index (χ3n) is 4.25. The maximum Gasteiger partial charge on any atom is 0.251 e. The van der Waals surface area contributed by atoms with Gasteiger partial charge >= 0.3 is 0 Å². The van der Waals surface area contributed by atoms with Gasteiger partial charge in [0.25, 0.3) is 5.91 Å². The van der Waals surface area contributed by atoms with Crippen LogP contribution >= 0.6 is 0 Å². The summed E-state index contributed by atoms with van der Waals surface area (Å²) in [7, 11) is 6.58. The summed E-state index contributed by atoms with van der Waals surface area (Å²) in [5, 5.41) is 2.93. The van der Waals surface area contributed by atoms with Crippen LogP contribution in [0.1, 0.15) is 27.3 Å². The van der Waals surface area contributed by atoms with E-state index in [2.05, 4.69) is 16.0 Å². The molecular formula is C18H24N2O4. The number of carbonyl (C=O) groups excluding carboxylic acids is 1. The van der Waals surface area contributed by atoms with Crippen LogP contribution in [0.15, 0.2) is 18.2 Å². The van der Waals surface area contributed by atoms with E-state index < -0.39 is 0 Å². The maximum atomic E-state index is 12.5. The minimum atomic E-state index is -0.199. The van der Waals surface area contributed by atoms with E-state index >= 15 is 0 Å². The molecule has 0 aliphatic heterocycles. The maximum absolute atomic E-state index is 12.5. The molecule has 1 heterocycles. The first-order chi connectivity index (χ1) is 11.4. The smallest absolute Gasteiger partial charge is 0.251 e. The summed E-state index contributed by atoms with van der Waals surface area (Å²) in [6, 6.07) is 5.35. The SMILES string of the molecule is COc1cc(C(=O)NCc2cc(C)n(C)c2C)cc(OC)c1OC. The van der Waals surface area contributed by atoms with E-state index in [1.807, 2.05) is 20.9 Å². The van der Waals surface area contributed by atoms with E-state index in [1.54, 1.807) is 12.1 Å². The Labute approximate surface area is 142 Å². The van der Waals surface area contributed by atoms with Gasteiger partial charge < -0.3 is 24.1 Å². The van der Waals surface area contributed by atoms with Gasteiger partial charge in [0, 0.05) is 30.5 Å². The molecule has 1 aromatic carbocycles. The fourth-order valence-electron chi connectivity index (χ4n) is 2.60. The molecule has 6 nitrogen and oxygen atoms in total. The number of carbonyl (C=O) groups is 1. The van der Waals surface area contributed by atoms with Crippen molar-refractivity contribution in [3.05, 3.63) is 40.7 Å². The molecule has 1 aromatic heterocycles. The largest absolute Gasteiger partial charge is 0.493 e. The summed E-state index contributed by atoms with van der Waals surface area (Å²) >= 11 is 0. The van der Waals surface area contributed by atoms with Gasteiger partial charge in [-0.05, 0) is 37.6 Å². The molecule has 0 spiro atoms. The number of benzene rings is 1. The van der Waals surface area contributed by atoms with Gasteiger partial charge in [0.2, 0.25) is 5.75 Å². The van der Waals surface area contributed by atoms with Crippen LogP contribution in [0.25, 0.3) is 0 Å². The summed E-state index contributed by atoms with van der Waals surface area (Å²) in [5.74, 6) is 1.17. The highest BCUT2D eigenvalue weighted by atomic mass is 16.5. The quantitative estimate of drug-likeness (QED) is 0.883. The standard InChI is InChI=1S/C18H24N2O4/c1-11-7-14(12(2)20(11)3)10-19-18(21)13-8-15(22-4)17(24-6)16(9-13)23-5/h7-9H,10H2,1-6H3,(H,19,21). The molecule has 0 aliphatic rings. The third kappa shape index (κ3) is 3.32. The molecule has 0 fully saturated rings. The van der Waals surface area contributed by atoms with E-state index in [1.165, 1.54) is 21.3 Å². The first-order valence-corrected chi connectivity index (χ1v) is 7.62. The fourth-order valence-corrected chi connectivity index (χ4v) is 2.60. The van der Waals surface area contributed by atoms with Gasteiger partial charge in [-0.3, -0.25) is 4.79 Å². The molecule has 0 saturated carbocycles. The summed E-state index contributed by atoms with van der Waals surface area (Å²) in [5.41, 5.74) is 3.84. The van der Waals surface area contributed by atoms with Crippen LogP contribution in [0.4, 0.5) is 0 Å². The number of aryl methyl sites for hydroxylation is 1. The number of hydrogen-bond donors (Lipinski definition) is 1. The number of ether oxygens (including phenoxy) is 3. The topological polar surface area (TPSA) is 61.7 Å². The van der Waals surface area contributed by atoms with Crippen molar-refractivity contribution in [3.8, 4) is 17.2 Å². The first kappa shape index (κ1) is 17.7. The van der Waals surface area contributed by atoms with Crippen molar-refractivity contribution in [1.82, 2.24) is 9.88 Å². The molecule has 1 amide bonds. The average Bonchev–Trinajstić information content (AvgIpc) is 2.84. The Morgan fingerprint density at radius 1 is 1.04 bits per heavy atom. The molecule has 2 rings (SSSR count). The predicted molar refractivity (Wildman–Crippen MR) is 92.2 cm³/mol. The fraction of sp³-hybridized carbons (Fsp3) is 0.389. The lowest BCUT2D eigenvalue weighted by Crippen LogP contribution is -2.23. The molecule has 0 aliphatic carbocycles. The number of nitrogens with zero attached hydrogens (tertiary/aromatic N) is 1. The first-order valence-electron chi connectivity index (χ1n) is 7.62. The minimum absolute atomic E-state index is 0.199. The van der Waals surface area contributed by atoms with Crippen LogP contribution in [0.5, 0.6) is 17.2 Å². The predicted octanol–water partition coefficient (Wildman–Crippen LogP) is 2.60. The Hall–Kier alpha value is -2.63. The Kier molecular flexibility index (Phi) is 5.39. The van der Waals surface area contributed by atoms with E-state index in [0.717, 1.165) is 17.0 Å². The zero-order chi connectivity index (χ0) is 17.9. The Balaban J connectivity index is 2.21. The normalized spacial score (nSPS) is 10.4. The van der Waals surface area contributed by atoms with Gasteiger partial charge in [-0.2, -0.15) is 0 Å². The molecule has 0 saturated heterocycles. The molecule has 1 N–H and O–H groups in total. The summed E-state index contributed by atoms with van der Waals surface area (Å²) < 4.78 is 17.9. The number of amides is 1. The van der Waals surface area contributed by atoms with Crippen molar-refractivity contribution in [3.63, 3.8) is 0 Å². The van der Waals surface area contributed by atoms with Crippen molar-refractivity contribution >= 4 is 5.91 Å². The molecule has 0 bridgehead atoms. The molecular weight excluding hydrogens is 308 g/mol. The second-order valence-electron chi connectivity index (χ2n) is 5.55. The lowest BCUT2D eigenvalue weighted by molar-refractivity contribution is 0.0950. The van der Waals surface area contributed by atoms with Gasteiger partial charge in [-0.1, -0.05) is 0 Å². The van der Waals surface area contributed by atoms with Crippen molar-refractivity contribution in [2.24, 2.45) is 7.05 Å². The van der Waals surface area contributed by atoms with E-state index in [0.29, 0.717) is 29.4 Å². The average molecular weight is 332 g/mol. The molecule has 2 aromatic rings. The molecule has 0 radical (unpaired) electrons. The van der Waals surface area contributed by atoms with Gasteiger partial charge in [0.1, 0.15) is 0 Å². The van der Waals surface area contributed by atoms with Gasteiger partial charge in [-0.25, -0.2) is 0 Å². The lowest BCUT2D eigenvalue weighted by Gasteiger charge is -2.14. The number of rotatable bonds is 6. The lowest BCUT2D eigenvalue weighted by atomic mass is 10.1. The number of aromatic nitrogens is 1. The third-order valence-corrected chi connectivity index (χ3v) is 4.25. The van der Waals surface area contributed by atoms with E-state index in [9.17, 15) is 4.79 Å². The van der Waals surface area contributed by atoms with Gasteiger partial charge in [-0.15, -0.1) is 0 Å². The van der Waals surface area contributed by atoms with Crippen LogP contribution in [0.2, 0.25) is 0 Å². The van der Waals surface area contributed by atoms with Crippen LogP contribution in [0.3, 0.4) is 0 Å². The van der Waals surface area contributed by atoms with Crippen LogP contribution in [-0.2, 0) is 13.6 Å². The Bertz CT molecular complexity index is 725. The summed E-state index contributed by atoms with van der Waals surface area (Å²) in [6.07, 6.45) is 0. The van der Waals surface area contributed by atoms with E-state index in [-0.39, 0.29) is 5.91 Å². The molecule has 130 valence electrons. The Morgan fingerprint density at radius 2 is 1.62 bits per heavy atom. The number of methoxy groups -OCH3 is 3. The molecule has 6 heteroatoms. The van der Waals surface area contributed by atoms with Gasteiger partial charge in [0.05, 0.1) is 21.3 Å². The highest BCUT2D eigenvalue weighted by Gasteiger charge is 2.17. The highest BCUT2D eigenvalue weighted by molar-refractivity contribution is 5.95.